The molecule has 0 spiro atoms. The van der Waals surface area contributed by atoms with Crippen LogP contribution in [0.15, 0.2) is 35.9 Å². The number of hydrogen-bond acceptors (Lipinski definition) is 5. The maximum atomic E-state index is 11.8. The number of methoxy groups -OCH3 is 1. The van der Waals surface area contributed by atoms with Crippen LogP contribution < -0.4 is 14.8 Å². The van der Waals surface area contributed by atoms with Crippen LogP contribution in [0.4, 0.5) is 0 Å². The molecule has 0 heterocycles. The summed E-state index contributed by atoms with van der Waals surface area (Å²) < 4.78 is 15.7. The molecule has 0 fully saturated rings. The average Bonchev–Trinajstić information content (AvgIpc) is 2.72. The number of carbonyl (C=O) groups is 2. The van der Waals surface area contributed by atoms with E-state index in [1.807, 2.05) is 31.2 Å². The van der Waals surface area contributed by atoms with Gasteiger partial charge in [-0.1, -0.05) is 29.9 Å². The Hall–Kier alpha value is -2.76. The van der Waals surface area contributed by atoms with E-state index in [4.69, 9.17) is 14.2 Å². The minimum Gasteiger partial charge on any atom is -0.493 e. The van der Waals surface area contributed by atoms with Gasteiger partial charge in [0.05, 0.1) is 7.11 Å². The summed E-state index contributed by atoms with van der Waals surface area (Å²) in [5.41, 5.74) is 2.36. The fourth-order valence-corrected chi connectivity index (χ4v) is 2.97. The Labute approximate surface area is 166 Å². The maximum Gasteiger partial charge on any atom is 0.344 e. The molecular weight excluding hydrogens is 358 g/mol. The van der Waals surface area contributed by atoms with Crippen LogP contribution in [0.1, 0.15) is 44.6 Å². The average molecular weight is 387 g/mol. The summed E-state index contributed by atoms with van der Waals surface area (Å²) in [5.74, 6) is 0.0545. The molecule has 1 aliphatic carbocycles. The zero-order valence-electron chi connectivity index (χ0n) is 16.7. The van der Waals surface area contributed by atoms with Crippen molar-refractivity contribution in [3.8, 4) is 11.5 Å². The molecule has 6 heteroatoms. The molecule has 6 nitrogen and oxygen atoms in total. The third-order valence-corrected chi connectivity index (χ3v) is 4.41. The van der Waals surface area contributed by atoms with Crippen LogP contribution in [-0.2, 0) is 14.3 Å². The van der Waals surface area contributed by atoms with Gasteiger partial charge >= 0.3 is 5.97 Å². The summed E-state index contributed by atoms with van der Waals surface area (Å²) in [4.78, 5) is 23.6. The zero-order chi connectivity index (χ0) is 20.2. The summed E-state index contributed by atoms with van der Waals surface area (Å²) in [5, 5.41) is 2.77. The molecule has 0 aliphatic heterocycles. The van der Waals surface area contributed by atoms with Gasteiger partial charge in [0.1, 0.15) is 0 Å². The fourth-order valence-electron chi connectivity index (χ4n) is 2.97. The molecule has 0 unspecified atom stereocenters. The molecular formula is C22H29NO5. The lowest BCUT2D eigenvalue weighted by atomic mass is 9.97. The lowest BCUT2D eigenvalue weighted by molar-refractivity contribution is -0.150. The summed E-state index contributed by atoms with van der Waals surface area (Å²) in [6, 6.07) is 5.41. The van der Waals surface area contributed by atoms with Gasteiger partial charge in [-0.15, -0.1) is 0 Å². The summed E-state index contributed by atoms with van der Waals surface area (Å²) in [7, 11) is 1.54. The largest absolute Gasteiger partial charge is 0.493 e. The molecule has 1 aromatic carbocycles. The Balaban J connectivity index is 1.68. The van der Waals surface area contributed by atoms with Crippen molar-refractivity contribution >= 4 is 18.0 Å². The highest BCUT2D eigenvalue weighted by Crippen LogP contribution is 2.28. The first-order valence-electron chi connectivity index (χ1n) is 9.66. The molecule has 28 heavy (non-hydrogen) atoms. The third-order valence-electron chi connectivity index (χ3n) is 4.41. The van der Waals surface area contributed by atoms with Crippen molar-refractivity contribution in [2.24, 2.45) is 0 Å². The van der Waals surface area contributed by atoms with Gasteiger partial charge in [-0.05, 0) is 56.7 Å². The molecule has 0 aromatic heterocycles. The Bertz CT molecular complexity index is 724. The minimum absolute atomic E-state index is 0.292. The molecule has 1 amide bonds. The lowest BCUT2D eigenvalue weighted by Gasteiger charge is -2.13. The van der Waals surface area contributed by atoms with Crippen LogP contribution in [0.5, 0.6) is 11.5 Å². The van der Waals surface area contributed by atoms with Gasteiger partial charge in [0, 0.05) is 6.54 Å². The molecule has 0 saturated carbocycles. The molecule has 0 radical (unpaired) electrons. The lowest BCUT2D eigenvalue weighted by Crippen LogP contribution is -2.30. The molecule has 0 bridgehead atoms. The Morgan fingerprint density at radius 2 is 2.04 bits per heavy atom. The molecule has 1 aromatic rings. The van der Waals surface area contributed by atoms with Gasteiger partial charge in [0.2, 0.25) is 0 Å². The quantitative estimate of drug-likeness (QED) is 0.490. The van der Waals surface area contributed by atoms with E-state index in [0.29, 0.717) is 18.0 Å². The summed E-state index contributed by atoms with van der Waals surface area (Å²) >= 11 is 0. The van der Waals surface area contributed by atoms with Crippen molar-refractivity contribution in [3.63, 3.8) is 0 Å². The molecule has 0 atom stereocenters. The van der Waals surface area contributed by atoms with Crippen LogP contribution in [0, 0.1) is 0 Å². The van der Waals surface area contributed by atoms with E-state index in [1.165, 1.54) is 25.5 Å². The summed E-state index contributed by atoms with van der Waals surface area (Å²) in [6.45, 7) is 1.89. The Morgan fingerprint density at radius 1 is 1.18 bits per heavy atom. The van der Waals surface area contributed by atoms with Crippen molar-refractivity contribution in [1.82, 2.24) is 5.32 Å². The number of hydrogen-bond donors (Lipinski definition) is 1. The van der Waals surface area contributed by atoms with E-state index in [1.54, 1.807) is 6.07 Å². The number of benzene rings is 1. The molecule has 1 N–H and O–H groups in total. The second-order valence-electron chi connectivity index (χ2n) is 6.57. The van der Waals surface area contributed by atoms with Crippen molar-refractivity contribution in [2.45, 2.75) is 39.0 Å². The van der Waals surface area contributed by atoms with Gasteiger partial charge in [-0.2, -0.15) is 0 Å². The number of esters is 1. The fraction of sp³-hybridized carbons (Fsp3) is 0.455. The third kappa shape index (κ3) is 7.47. The van der Waals surface area contributed by atoms with E-state index in [2.05, 4.69) is 11.4 Å². The smallest absolute Gasteiger partial charge is 0.344 e. The summed E-state index contributed by atoms with van der Waals surface area (Å²) in [6.07, 6.45) is 11.7. The van der Waals surface area contributed by atoms with Crippen LogP contribution in [0.3, 0.4) is 0 Å². The van der Waals surface area contributed by atoms with Crippen LogP contribution >= 0.6 is 0 Å². The van der Waals surface area contributed by atoms with Crippen molar-refractivity contribution in [2.75, 3.05) is 26.9 Å². The SMILES string of the molecule is C/C=C/c1ccc(OCC(=O)OCC(=O)NCCC2=CCCCC2)c(OC)c1. The van der Waals surface area contributed by atoms with Gasteiger partial charge in [-0.3, -0.25) is 4.79 Å². The molecule has 0 saturated heterocycles. The first-order chi connectivity index (χ1) is 13.6. The number of ether oxygens (including phenoxy) is 3. The second-order valence-corrected chi connectivity index (χ2v) is 6.57. The number of nitrogens with one attached hydrogen (secondary N) is 1. The first kappa shape index (κ1) is 21.5. The highest BCUT2D eigenvalue weighted by atomic mass is 16.6. The highest BCUT2D eigenvalue weighted by Gasteiger charge is 2.11. The van der Waals surface area contributed by atoms with Gasteiger partial charge in [0.15, 0.2) is 24.7 Å². The second kappa shape index (κ2) is 11.8. The van der Waals surface area contributed by atoms with Gasteiger partial charge in [0.25, 0.3) is 5.91 Å². The van der Waals surface area contributed by atoms with Crippen molar-refractivity contribution < 1.29 is 23.8 Å². The normalized spacial score (nSPS) is 13.7. The van der Waals surface area contributed by atoms with E-state index in [9.17, 15) is 9.59 Å². The van der Waals surface area contributed by atoms with Crippen LogP contribution in [0.2, 0.25) is 0 Å². The highest BCUT2D eigenvalue weighted by molar-refractivity contribution is 5.80. The van der Waals surface area contributed by atoms with Gasteiger partial charge in [-0.25, -0.2) is 4.79 Å². The van der Waals surface area contributed by atoms with E-state index in [0.717, 1.165) is 24.8 Å². The molecule has 152 valence electrons. The standard InChI is InChI=1S/C22H29NO5/c1-3-7-18-10-11-19(20(14-18)26-2)27-16-22(25)28-15-21(24)23-13-12-17-8-5-4-6-9-17/h3,7-8,10-11,14H,4-6,9,12-13,15-16H2,1-2H3,(H,23,24)/b7-3+. The monoisotopic (exact) mass is 387 g/mol. The number of amides is 1. The molecule has 2 rings (SSSR count). The number of rotatable bonds is 10. The molecule has 1 aliphatic rings. The Kier molecular flexibility index (Phi) is 9.11. The predicted octanol–water partition coefficient (Wildman–Crippen LogP) is 3.66. The van der Waals surface area contributed by atoms with Crippen molar-refractivity contribution in [1.29, 1.82) is 0 Å². The topological polar surface area (TPSA) is 73.9 Å². The first-order valence-corrected chi connectivity index (χ1v) is 9.66. The number of carbonyl (C=O) groups excluding carboxylic acids is 2. The van der Waals surface area contributed by atoms with Crippen LogP contribution in [-0.4, -0.2) is 38.7 Å². The number of allylic oxidation sites excluding steroid dienone is 2. The van der Waals surface area contributed by atoms with Crippen molar-refractivity contribution in [3.05, 3.63) is 41.5 Å². The minimum atomic E-state index is -0.607. The van der Waals surface area contributed by atoms with E-state index >= 15 is 0 Å². The van der Waals surface area contributed by atoms with Crippen LogP contribution in [0.25, 0.3) is 6.08 Å². The van der Waals surface area contributed by atoms with E-state index < -0.39 is 5.97 Å². The van der Waals surface area contributed by atoms with Gasteiger partial charge < -0.3 is 19.5 Å². The Morgan fingerprint density at radius 3 is 2.75 bits per heavy atom. The maximum absolute atomic E-state index is 11.8. The van der Waals surface area contributed by atoms with E-state index in [-0.39, 0.29) is 19.1 Å². The predicted molar refractivity (Wildman–Crippen MR) is 108 cm³/mol. The zero-order valence-corrected chi connectivity index (χ0v) is 16.7.